The van der Waals surface area contributed by atoms with E-state index in [1.165, 1.54) is 24.3 Å². The molecule has 0 aliphatic heterocycles. The van der Waals surface area contributed by atoms with Gasteiger partial charge in [-0.05, 0) is 36.2 Å². The van der Waals surface area contributed by atoms with Crippen LogP contribution in [-0.2, 0) is 11.3 Å². The van der Waals surface area contributed by atoms with Gasteiger partial charge in [-0.3, -0.25) is 4.79 Å². The van der Waals surface area contributed by atoms with Gasteiger partial charge < -0.3 is 14.7 Å². The van der Waals surface area contributed by atoms with E-state index in [9.17, 15) is 14.0 Å². The van der Waals surface area contributed by atoms with E-state index in [0.717, 1.165) is 5.56 Å². The van der Waals surface area contributed by atoms with Crippen molar-refractivity contribution in [1.29, 1.82) is 0 Å². The molecule has 6 heteroatoms. The van der Waals surface area contributed by atoms with Gasteiger partial charge in [-0.25, -0.2) is 9.18 Å². The number of carboxylic acid groups (broad SMARTS) is 1. The number of ether oxygens (including phenoxy) is 1. The van der Waals surface area contributed by atoms with Gasteiger partial charge in [0.1, 0.15) is 11.6 Å². The van der Waals surface area contributed by atoms with Crippen LogP contribution in [0.4, 0.5) is 4.39 Å². The fourth-order valence-electron chi connectivity index (χ4n) is 2.28. The highest BCUT2D eigenvalue weighted by molar-refractivity contribution is 5.87. The summed E-state index contributed by atoms with van der Waals surface area (Å²) in [6, 6.07) is 12.3. The van der Waals surface area contributed by atoms with E-state index in [0.29, 0.717) is 31.7 Å². The van der Waals surface area contributed by atoms with Crippen LogP contribution in [0.5, 0.6) is 5.75 Å². The molecule has 0 aliphatic rings. The Hall–Kier alpha value is -2.89. The zero-order valence-electron chi connectivity index (χ0n) is 13.9. The third kappa shape index (κ3) is 5.91. The van der Waals surface area contributed by atoms with Crippen LogP contribution in [-0.4, -0.2) is 35.5 Å². The maximum absolute atomic E-state index is 13.0. The van der Waals surface area contributed by atoms with Crippen molar-refractivity contribution in [3.8, 4) is 5.75 Å². The molecule has 5 nitrogen and oxygen atoms in total. The summed E-state index contributed by atoms with van der Waals surface area (Å²) in [6.07, 6.45) is 0.844. The molecule has 1 N–H and O–H groups in total. The summed E-state index contributed by atoms with van der Waals surface area (Å²) in [7, 11) is 1.70. The van der Waals surface area contributed by atoms with E-state index in [1.807, 2.05) is 0 Å². The number of halogens is 1. The number of amides is 1. The van der Waals surface area contributed by atoms with Gasteiger partial charge in [0.05, 0.1) is 12.2 Å². The summed E-state index contributed by atoms with van der Waals surface area (Å²) >= 11 is 0. The first-order valence-electron chi connectivity index (χ1n) is 7.90. The first-order valence-corrected chi connectivity index (χ1v) is 7.90. The Morgan fingerprint density at radius 3 is 2.52 bits per heavy atom. The number of aromatic carboxylic acids is 1. The lowest BCUT2D eigenvalue weighted by Crippen LogP contribution is -2.26. The Kier molecular flexibility index (Phi) is 6.51. The van der Waals surface area contributed by atoms with E-state index in [2.05, 4.69) is 0 Å². The van der Waals surface area contributed by atoms with Crippen molar-refractivity contribution in [1.82, 2.24) is 4.90 Å². The molecule has 0 bridgehead atoms. The Balaban J connectivity index is 1.73. The molecule has 0 saturated heterocycles. The normalized spacial score (nSPS) is 10.3. The van der Waals surface area contributed by atoms with Crippen molar-refractivity contribution in [2.75, 3.05) is 13.7 Å². The maximum Gasteiger partial charge on any atom is 0.335 e. The van der Waals surface area contributed by atoms with Crippen LogP contribution in [0.2, 0.25) is 0 Å². The predicted octanol–water partition coefficient (Wildman–Crippen LogP) is 3.34. The molecule has 0 unspecified atom stereocenters. The lowest BCUT2D eigenvalue weighted by Gasteiger charge is -2.17. The zero-order chi connectivity index (χ0) is 18.2. The highest BCUT2D eigenvalue weighted by Crippen LogP contribution is 2.13. The molecule has 2 rings (SSSR count). The fourth-order valence-corrected chi connectivity index (χ4v) is 2.28. The Morgan fingerprint density at radius 2 is 1.88 bits per heavy atom. The van der Waals surface area contributed by atoms with Crippen LogP contribution in [0.3, 0.4) is 0 Å². The summed E-state index contributed by atoms with van der Waals surface area (Å²) in [5.74, 6) is -0.930. The number of carboxylic acids is 1. The molecule has 0 aromatic heterocycles. The van der Waals surface area contributed by atoms with Crippen molar-refractivity contribution in [2.45, 2.75) is 19.4 Å². The highest BCUT2D eigenvalue weighted by atomic mass is 19.1. The lowest BCUT2D eigenvalue weighted by atomic mass is 10.1. The average molecular weight is 345 g/mol. The second-order valence-corrected chi connectivity index (χ2v) is 5.66. The smallest absolute Gasteiger partial charge is 0.335 e. The summed E-state index contributed by atoms with van der Waals surface area (Å²) in [5, 5.41) is 8.87. The SMILES string of the molecule is CN(Cc1ccc(C(=O)O)cc1)C(=O)CCCOc1cccc(F)c1. The van der Waals surface area contributed by atoms with Crippen LogP contribution in [0.25, 0.3) is 0 Å². The maximum atomic E-state index is 13.0. The van der Waals surface area contributed by atoms with Gasteiger partial charge in [0, 0.05) is 26.1 Å². The summed E-state index contributed by atoms with van der Waals surface area (Å²) in [6.45, 7) is 0.736. The molecule has 0 atom stereocenters. The van der Waals surface area contributed by atoms with Crippen molar-refractivity contribution in [3.63, 3.8) is 0 Å². The number of carbonyl (C=O) groups is 2. The van der Waals surface area contributed by atoms with Crippen LogP contribution in [0.15, 0.2) is 48.5 Å². The minimum Gasteiger partial charge on any atom is -0.493 e. The first-order chi connectivity index (χ1) is 12.0. The fraction of sp³-hybridized carbons (Fsp3) is 0.263. The van der Waals surface area contributed by atoms with E-state index in [4.69, 9.17) is 9.84 Å². The number of hydrogen-bond acceptors (Lipinski definition) is 3. The quantitative estimate of drug-likeness (QED) is 0.745. The molecule has 0 heterocycles. The van der Waals surface area contributed by atoms with Gasteiger partial charge in [-0.15, -0.1) is 0 Å². The first kappa shape index (κ1) is 18.4. The Bertz CT molecular complexity index is 730. The van der Waals surface area contributed by atoms with Crippen molar-refractivity contribution >= 4 is 11.9 Å². The van der Waals surface area contributed by atoms with Crippen LogP contribution < -0.4 is 4.74 Å². The highest BCUT2D eigenvalue weighted by Gasteiger charge is 2.10. The molecule has 25 heavy (non-hydrogen) atoms. The Morgan fingerprint density at radius 1 is 1.16 bits per heavy atom. The van der Waals surface area contributed by atoms with Crippen LogP contribution >= 0.6 is 0 Å². The summed E-state index contributed by atoms with van der Waals surface area (Å²) in [4.78, 5) is 24.5. The third-order valence-electron chi connectivity index (χ3n) is 3.65. The van der Waals surface area contributed by atoms with Crippen LogP contribution in [0, 0.1) is 5.82 Å². The van der Waals surface area contributed by atoms with E-state index < -0.39 is 5.97 Å². The Labute approximate surface area is 145 Å². The zero-order valence-corrected chi connectivity index (χ0v) is 13.9. The molecule has 2 aromatic carbocycles. The average Bonchev–Trinajstić information content (AvgIpc) is 2.59. The van der Waals surface area contributed by atoms with Crippen molar-refractivity contribution in [3.05, 3.63) is 65.5 Å². The molecule has 0 saturated carbocycles. The number of hydrogen-bond donors (Lipinski definition) is 1. The second-order valence-electron chi connectivity index (χ2n) is 5.66. The molecule has 0 spiro atoms. The van der Waals surface area contributed by atoms with Gasteiger partial charge in [-0.1, -0.05) is 18.2 Å². The van der Waals surface area contributed by atoms with Gasteiger partial charge >= 0.3 is 5.97 Å². The standard InChI is InChI=1S/C19H20FNO4/c1-21(13-14-7-9-15(10-8-14)19(23)24)18(22)6-3-11-25-17-5-2-4-16(20)12-17/h2,4-5,7-10,12H,3,6,11,13H2,1H3,(H,23,24). The largest absolute Gasteiger partial charge is 0.493 e. The summed E-state index contributed by atoms with van der Waals surface area (Å²) < 4.78 is 18.4. The van der Waals surface area contributed by atoms with Crippen LogP contribution in [0.1, 0.15) is 28.8 Å². The number of benzene rings is 2. The van der Waals surface area contributed by atoms with E-state index in [-0.39, 0.29) is 17.3 Å². The molecule has 0 radical (unpaired) electrons. The van der Waals surface area contributed by atoms with Gasteiger partial charge in [0.15, 0.2) is 0 Å². The second kappa shape index (κ2) is 8.82. The van der Waals surface area contributed by atoms with Gasteiger partial charge in [0.25, 0.3) is 0 Å². The topological polar surface area (TPSA) is 66.8 Å². The molecular weight excluding hydrogens is 325 g/mol. The number of rotatable bonds is 8. The monoisotopic (exact) mass is 345 g/mol. The number of carbonyl (C=O) groups excluding carboxylic acids is 1. The summed E-state index contributed by atoms with van der Waals surface area (Å²) in [5.41, 5.74) is 1.07. The van der Waals surface area contributed by atoms with E-state index >= 15 is 0 Å². The lowest BCUT2D eigenvalue weighted by molar-refractivity contribution is -0.130. The number of nitrogens with zero attached hydrogens (tertiary/aromatic N) is 1. The minimum atomic E-state index is -0.978. The molecule has 0 fully saturated rings. The molecule has 2 aromatic rings. The van der Waals surface area contributed by atoms with E-state index in [1.54, 1.807) is 36.2 Å². The molecule has 0 aliphatic carbocycles. The predicted molar refractivity (Wildman–Crippen MR) is 91.0 cm³/mol. The van der Waals surface area contributed by atoms with Crippen molar-refractivity contribution < 1.29 is 23.8 Å². The molecular formula is C19H20FNO4. The molecule has 132 valence electrons. The molecule has 1 amide bonds. The van der Waals surface area contributed by atoms with Gasteiger partial charge in [0.2, 0.25) is 5.91 Å². The third-order valence-corrected chi connectivity index (χ3v) is 3.65. The minimum absolute atomic E-state index is 0.0369. The van der Waals surface area contributed by atoms with Crippen molar-refractivity contribution in [2.24, 2.45) is 0 Å². The van der Waals surface area contributed by atoms with Gasteiger partial charge in [-0.2, -0.15) is 0 Å².